The van der Waals surface area contributed by atoms with Crippen molar-refractivity contribution in [2.45, 2.75) is 78.9 Å². The SMILES string of the molecule is Cn1c(=O)n(CC(C)(C)C)c2ccc(C3CCC(C)(C)C(NC(=O)Cn4c(=O)oc5ccccc54)C3)nc21. The molecule has 4 aromatic rings. The van der Waals surface area contributed by atoms with E-state index in [9.17, 15) is 14.4 Å². The van der Waals surface area contributed by atoms with Crippen LogP contribution in [0.3, 0.4) is 0 Å². The van der Waals surface area contributed by atoms with Gasteiger partial charge in [0, 0.05) is 31.2 Å². The molecule has 0 radical (unpaired) electrons. The van der Waals surface area contributed by atoms with E-state index in [0.717, 1.165) is 30.5 Å². The molecule has 0 saturated heterocycles. The maximum Gasteiger partial charge on any atom is 0.420 e. The highest BCUT2D eigenvalue weighted by Crippen LogP contribution is 2.42. The number of aryl methyl sites for hydroxylation is 1. The van der Waals surface area contributed by atoms with Crippen LogP contribution in [0.15, 0.2) is 50.4 Å². The molecule has 38 heavy (non-hydrogen) atoms. The first-order chi connectivity index (χ1) is 17.8. The van der Waals surface area contributed by atoms with E-state index >= 15 is 0 Å². The van der Waals surface area contributed by atoms with Crippen molar-refractivity contribution < 1.29 is 9.21 Å². The van der Waals surface area contributed by atoms with Crippen molar-refractivity contribution >= 4 is 28.2 Å². The van der Waals surface area contributed by atoms with Crippen molar-refractivity contribution in [1.82, 2.24) is 24.0 Å². The van der Waals surface area contributed by atoms with Gasteiger partial charge in [-0.1, -0.05) is 46.8 Å². The smallest absolute Gasteiger partial charge is 0.408 e. The molecule has 5 rings (SSSR count). The molecular formula is C29H37N5O4. The molecule has 1 aromatic carbocycles. The van der Waals surface area contributed by atoms with Crippen LogP contribution in [0, 0.1) is 10.8 Å². The fraction of sp³-hybridized carbons (Fsp3) is 0.517. The van der Waals surface area contributed by atoms with Crippen molar-refractivity contribution in [2.24, 2.45) is 17.9 Å². The lowest BCUT2D eigenvalue weighted by molar-refractivity contribution is -0.123. The van der Waals surface area contributed by atoms with E-state index in [-0.39, 0.29) is 40.9 Å². The molecular weight excluding hydrogens is 482 g/mol. The van der Waals surface area contributed by atoms with Gasteiger partial charge in [-0.15, -0.1) is 0 Å². The maximum absolute atomic E-state index is 13.1. The number of fused-ring (bicyclic) bond motifs is 2. The van der Waals surface area contributed by atoms with E-state index in [1.54, 1.807) is 34.4 Å². The van der Waals surface area contributed by atoms with E-state index in [1.165, 1.54) is 4.57 Å². The summed E-state index contributed by atoms with van der Waals surface area (Å²) in [6, 6.07) is 11.1. The Labute approximate surface area is 221 Å². The van der Waals surface area contributed by atoms with Crippen molar-refractivity contribution in [3.63, 3.8) is 0 Å². The second kappa shape index (κ2) is 9.29. The Bertz CT molecular complexity index is 1630. The molecule has 1 aliphatic carbocycles. The number of carbonyl (C=O) groups is 1. The summed E-state index contributed by atoms with van der Waals surface area (Å²) in [5.41, 5.74) is 3.34. The van der Waals surface area contributed by atoms with Gasteiger partial charge in [0.25, 0.3) is 0 Å². The fourth-order valence-corrected chi connectivity index (χ4v) is 5.65. The van der Waals surface area contributed by atoms with Gasteiger partial charge in [0.15, 0.2) is 11.2 Å². The average Bonchev–Trinajstić information content (AvgIpc) is 3.27. The number of benzene rings is 1. The van der Waals surface area contributed by atoms with Gasteiger partial charge in [-0.3, -0.25) is 18.5 Å². The Morgan fingerprint density at radius 3 is 2.58 bits per heavy atom. The zero-order valence-electron chi connectivity index (χ0n) is 23.1. The van der Waals surface area contributed by atoms with Crippen LogP contribution < -0.4 is 16.8 Å². The lowest BCUT2D eigenvalue weighted by Gasteiger charge is -2.42. The van der Waals surface area contributed by atoms with Crippen LogP contribution in [0.2, 0.25) is 0 Å². The summed E-state index contributed by atoms with van der Waals surface area (Å²) < 4.78 is 10.1. The van der Waals surface area contributed by atoms with Gasteiger partial charge in [-0.05, 0) is 54.4 Å². The molecule has 1 saturated carbocycles. The number of amides is 1. The van der Waals surface area contributed by atoms with Gasteiger partial charge < -0.3 is 9.73 Å². The number of carbonyl (C=O) groups excluding carboxylic acids is 1. The summed E-state index contributed by atoms with van der Waals surface area (Å²) in [5.74, 6) is -0.609. The predicted molar refractivity (Wildman–Crippen MR) is 147 cm³/mol. The standard InChI is InChI=1S/C29H37N5O4/c1-28(2,3)17-34-21-12-11-19(30-25(21)32(6)26(34)36)18-13-14-29(4,5)23(15-18)31-24(35)16-33-20-9-7-8-10-22(20)38-27(33)37/h7-12,18,23H,13-17H2,1-6H3,(H,31,35). The number of oxazole rings is 1. The third-order valence-electron chi connectivity index (χ3n) is 7.86. The number of nitrogens with zero attached hydrogens (tertiary/aromatic N) is 4. The average molecular weight is 520 g/mol. The maximum atomic E-state index is 13.1. The summed E-state index contributed by atoms with van der Waals surface area (Å²) in [6.45, 7) is 11.2. The summed E-state index contributed by atoms with van der Waals surface area (Å²) in [6.07, 6.45) is 2.59. The lowest BCUT2D eigenvalue weighted by Crippen LogP contribution is -2.49. The number of hydrogen-bond donors (Lipinski definition) is 1. The Hall–Kier alpha value is -3.62. The zero-order chi connectivity index (χ0) is 27.4. The molecule has 3 aromatic heterocycles. The van der Waals surface area contributed by atoms with Crippen LogP contribution in [0.4, 0.5) is 0 Å². The first-order valence-corrected chi connectivity index (χ1v) is 13.3. The van der Waals surface area contributed by atoms with E-state index in [4.69, 9.17) is 9.40 Å². The van der Waals surface area contributed by atoms with E-state index in [0.29, 0.717) is 23.3 Å². The predicted octanol–water partition coefficient (Wildman–Crippen LogP) is 4.17. The molecule has 9 nitrogen and oxygen atoms in total. The molecule has 9 heteroatoms. The molecule has 3 heterocycles. The number of pyridine rings is 1. The van der Waals surface area contributed by atoms with Gasteiger partial charge in [0.05, 0.1) is 11.0 Å². The molecule has 2 atom stereocenters. The second-order valence-electron chi connectivity index (χ2n) is 12.6. The van der Waals surface area contributed by atoms with E-state index in [2.05, 4.69) is 39.9 Å². The normalized spacial score (nSPS) is 19.7. The number of aromatic nitrogens is 4. The van der Waals surface area contributed by atoms with Crippen LogP contribution in [-0.2, 0) is 24.9 Å². The van der Waals surface area contributed by atoms with E-state index < -0.39 is 5.76 Å². The second-order valence-corrected chi connectivity index (χ2v) is 12.6. The molecule has 0 aliphatic heterocycles. The van der Waals surface area contributed by atoms with Crippen LogP contribution in [-0.4, -0.2) is 30.6 Å². The molecule has 0 bridgehead atoms. The minimum Gasteiger partial charge on any atom is -0.408 e. The van der Waals surface area contributed by atoms with Crippen LogP contribution >= 0.6 is 0 Å². The summed E-state index contributed by atoms with van der Waals surface area (Å²) in [5, 5.41) is 3.20. The molecule has 202 valence electrons. The molecule has 1 amide bonds. The van der Waals surface area contributed by atoms with Crippen LogP contribution in [0.1, 0.15) is 65.5 Å². The van der Waals surface area contributed by atoms with E-state index in [1.807, 2.05) is 18.2 Å². The lowest BCUT2D eigenvalue weighted by atomic mass is 9.68. The van der Waals surface area contributed by atoms with Crippen molar-refractivity contribution in [2.75, 3.05) is 0 Å². The summed E-state index contributed by atoms with van der Waals surface area (Å²) >= 11 is 0. The van der Waals surface area contributed by atoms with Crippen molar-refractivity contribution in [3.8, 4) is 0 Å². The first kappa shape index (κ1) is 26.0. The number of nitrogens with one attached hydrogen (secondary N) is 1. The van der Waals surface area contributed by atoms with Crippen LogP contribution in [0.25, 0.3) is 22.3 Å². The van der Waals surface area contributed by atoms with Gasteiger partial charge in [-0.2, -0.15) is 0 Å². The zero-order valence-corrected chi connectivity index (χ0v) is 23.1. The molecule has 1 N–H and O–H groups in total. The van der Waals surface area contributed by atoms with Gasteiger partial charge >= 0.3 is 11.4 Å². The Morgan fingerprint density at radius 2 is 1.84 bits per heavy atom. The summed E-state index contributed by atoms with van der Waals surface area (Å²) in [7, 11) is 1.77. The monoisotopic (exact) mass is 519 g/mol. The number of hydrogen-bond acceptors (Lipinski definition) is 5. The Balaban J connectivity index is 1.37. The molecule has 1 fully saturated rings. The highest BCUT2D eigenvalue weighted by atomic mass is 16.4. The number of para-hydroxylation sites is 2. The molecule has 1 aliphatic rings. The number of rotatable bonds is 5. The van der Waals surface area contributed by atoms with Crippen molar-refractivity contribution in [1.29, 1.82) is 0 Å². The van der Waals surface area contributed by atoms with Crippen LogP contribution in [0.5, 0.6) is 0 Å². The molecule has 0 spiro atoms. The Morgan fingerprint density at radius 1 is 1.11 bits per heavy atom. The van der Waals surface area contributed by atoms with Crippen molar-refractivity contribution in [3.05, 3.63) is 63.1 Å². The summed E-state index contributed by atoms with van der Waals surface area (Å²) in [4.78, 5) is 43.4. The molecule has 2 unspecified atom stereocenters. The highest BCUT2D eigenvalue weighted by molar-refractivity contribution is 5.79. The van der Waals surface area contributed by atoms with Gasteiger partial charge in [0.1, 0.15) is 6.54 Å². The largest absolute Gasteiger partial charge is 0.420 e. The van der Waals surface area contributed by atoms with Gasteiger partial charge in [0.2, 0.25) is 5.91 Å². The topological polar surface area (TPSA) is 104 Å². The Kier molecular flexibility index (Phi) is 6.36. The third-order valence-corrected chi connectivity index (χ3v) is 7.86. The highest BCUT2D eigenvalue weighted by Gasteiger charge is 2.38. The first-order valence-electron chi connectivity index (χ1n) is 13.3. The third kappa shape index (κ3) is 4.81. The minimum atomic E-state index is -0.538. The number of imidazole rings is 1. The fourth-order valence-electron chi connectivity index (χ4n) is 5.65. The van der Waals surface area contributed by atoms with Gasteiger partial charge in [-0.25, -0.2) is 14.6 Å². The minimum absolute atomic E-state index is 0.0367. The quantitative estimate of drug-likeness (QED) is 0.426.